The molecule has 4 rings (SSSR count). The van der Waals surface area contributed by atoms with Gasteiger partial charge in [0.05, 0.1) is 18.0 Å². The molecule has 0 radical (unpaired) electrons. The molecule has 4 aromatic rings. The van der Waals surface area contributed by atoms with Crippen molar-refractivity contribution >= 4 is 0 Å². The largest absolute Gasteiger partial charge is 0.392 e. The molecule has 0 fully saturated rings. The van der Waals surface area contributed by atoms with Crippen LogP contribution in [-0.2, 0) is 12.2 Å². The Bertz CT molecular complexity index is 983. The average Bonchev–Trinajstić information content (AvgIpc) is 3.24. The highest BCUT2D eigenvalue weighted by Crippen LogP contribution is 2.38. The van der Waals surface area contributed by atoms with Crippen LogP contribution in [0.5, 0.6) is 0 Å². The zero-order valence-corrected chi connectivity index (χ0v) is 14.9. The second-order valence-electron chi connectivity index (χ2n) is 6.49. The van der Waals surface area contributed by atoms with Crippen molar-refractivity contribution in [2.45, 2.75) is 12.2 Å². The predicted octanol–water partition coefficient (Wildman–Crippen LogP) is 4.25. The van der Waals surface area contributed by atoms with E-state index in [9.17, 15) is 10.2 Å². The van der Waals surface area contributed by atoms with Gasteiger partial charge in [-0.05, 0) is 29.3 Å². The quantitative estimate of drug-likeness (QED) is 0.562. The Labute approximate surface area is 158 Å². The van der Waals surface area contributed by atoms with Crippen LogP contribution < -0.4 is 0 Å². The van der Waals surface area contributed by atoms with Gasteiger partial charge in [-0.15, -0.1) is 0 Å². The molecule has 0 aliphatic rings. The van der Waals surface area contributed by atoms with Gasteiger partial charge in [-0.3, -0.25) is 0 Å². The molecule has 1 heterocycles. The van der Waals surface area contributed by atoms with E-state index in [1.165, 1.54) is 0 Å². The highest BCUT2D eigenvalue weighted by Gasteiger charge is 2.36. The minimum absolute atomic E-state index is 0.0666. The SMILES string of the molecule is OCc1ccccc1-n1cccc1C(O)(c1ccccc1)c1ccccc1. The van der Waals surface area contributed by atoms with Crippen LogP contribution in [0.25, 0.3) is 5.69 Å². The van der Waals surface area contributed by atoms with Gasteiger partial charge in [0.2, 0.25) is 0 Å². The maximum Gasteiger partial charge on any atom is 0.155 e. The summed E-state index contributed by atoms with van der Waals surface area (Å²) in [4.78, 5) is 0. The summed E-state index contributed by atoms with van der Waals surface area (Å²) in [6.45, 7) is -0.0666. The van der Waals surface area contributed by atoms with Crippen molar-refractivity contribution in [2.24, 2.45) is 0 Å². The number of rotatable bonds is 5. The van der Waals surface area contributed by atoms with Crippen LogP contribution in [0.4, 0.5) is 0 Å². The fourth-order valence-corrected chi connectivity index (χ4v) is 3.59. The fourth-order valence-electron chi connectivity index (χ4n) is 3.59. The van der Waals surface area contributed by atoms with Gasteiger partial charge in [0.1, 0.15) is 0 Å². The van der Waals surface area contributed by atoms with Crippen molar-refractivity contribution in [1.29, 1.82) is 0 Å². The van der Waals surface area contributed by atoms with E-state index in [0.29, 0.717) is 0 Å². The summed E-state index contributed by atoms with van der Waals surface area (Å²) in [6, 6.07) is 30.8. The van der Waals surface area contributed by atoms with E-state index in [1.807, 2.05) is 108 Å². The molecule has 3 heteroatoms. The number of benzene rings is 3. The van der Waals surface area contributed by atoms with Crippen molar-refractivity contribution in [3.8, 4) is 5.69 Å². The van der Waals surface area contributed by atoms with Crippen LogP contribution in [0, 0.1) is 0 Å². The first kappa shape index (κ1) is 17.3. The Morgan fingerprint density at radius 3 is 1.81 bits per heavy atom. The molecule has 0 unspecified atom stereocenters. The van der Waals surface area contributed by atoms with Crippen LogP contribution in [-0.4, -0.2) is 14.8 Å². The lowest BCUT2D eigenvalue weighted by Gasteiger charge is -2.31. The van der Waals surface area contributed by atoms with Crippen LogP contribution in [0.2, 0.25) is 0 Å². The molecule has 1 aromatic heterocycles. The van der Waals surface area contributed by atoms with Gasteiger partial charge in [-0.2, -0.15) is 0 Å². The Morgan fingerprint density at radius 2 is 1.22 bits per heavy atom. The van der Waals surface area contributed by atoms with Gasteiger partial charge in [-0.25, -0.2) is 0 Å². The first-order valence-corrected chi connectivity index (χ1v) is 8.95. The molecule has 134 valence electrons. The summed E-state index contributed by atoms with van der Waals surface area (Å²) in [7, 11) is 0. The summed E-state index contributed by atoms with van der Waals surface area (Å²) in [5, 5.41) is 21.8. The van der Waals surface area contributed by atoms with E-state index in [0.717, 1.165) is 28.1 Å². The summed E-state index contributed by atoms with van der Waals surface area (Å²) < 4.78 is 1.95. The van der Waals surface area contributed by atoms with Gasteiger partial charge >= 0.3 is 0 Å². The molecule has 27 heavy (non-hydrogen) atoms. The van der Waals surface area contributed by atoms with Gasteiger partial charge in [0.15, 0.2) is 5.60 Å². The third-order valence-electron chi connectivity index (χ3n) is 4.92. The first-order valence-electron chi connectivity index (χ1n) is 8.95. The normalized spacial score (nSPS) is 11.5. The van der Waals surface area contributed by atoms with Crippen molar-refractivity contribution in [3.05, 3.63) is 126 Å². The number of para-hydroxylation sites is 1. The van der Waals surface area contributed by atoms with Crippen molar-refractivity contribution in [2.75, 3.05) is 0 Å². The van der Waals surface area contributed by atoms with Crippen molar-refractivity contribution in [1.82, 2.24) is 4.57 Å². The van der Waals surface area contributed by atoms with Crippen LogP contribution in [0.3, 0.4) is 0 Å². The Kier molecular flexibility index (Phi) is 4.63. The summed E-state index contributed by atoms with van der Waals surface area (Å²) in [5.41, 5.74) is 2.63. The Morgan fingerprint density at radius 1 is 0.667 bits per heavy atom. The average molecular weight is 355 g/mol. The van der Waals surface area contributed by atoms with Gasteiger partial charge in [0, 0.05) is 11.8 Å². The number of aromatic nitrogens is 1. The van der Waals surface area contributed by atoms with Crippen LogP contribution in [0.1, 0.15) is 22.4 Å². The second-order valence-corrected chi connectivity index (χ2v) is 6.49. The lowest BCUT2D eigenvalue weighted by Crippen LogP contribution is -2.31. The third kappa shape index (κ3) is 2.97. The summed E-state index contributed by atoms with van der Waals surface area (Å²) in [5.74, 6) is 0. The van der Waals surface area contributed by atoms with E-state index >= 15 is 0 Å². The number of aliphatic hydroxyl groups is 2. The number of nitrogens with zero attached hydrogens (tertiary/aromatic N) is 1. The molecule has 0 atom stereocenters. The highest BCUT2D eigenvalue weighted by atomic mass is 16.3. The lowest BCUT2D eigenvalue weighted by molar-refractivity contribution is 0.119. The minimum Gasteiger partial charge on any atom is -0.392 e. The maximum absolute atomic E-state index is 12.0. The molecular formula is C24H21NO2. The first-order chi connectivity index (χ1) is 13.2. The Balaban J connectivity index is 1.98. The summed E-state index contributed by atoms with van der Waals surface area (Å²) in [6.07, 6.45) is 1.92. The van der Waals surface area contributed by atoms with E-state index in [4.69, 9.17) is 0 Å². The van der Waals surface area contributed by atoms with Gasteiger partial charge in [-0.1, -0.05) is 78.9 Å². The molecule has 0 aliphatic carbocycles. The fraction of sp³-hybridized carbons (Fsp3) is 0.0833. The van der Waals surface area contributed by atoms with Gasteiger partial charge < -0.3 is 14.8 Å². The third-order valence-corrected chi connectivity index (χ3v) is 4.92. The molecule has 3 aromatic carbocycles. The van der Waals surface area contributed by atoms with Crippen molar-refractivity contribution < 1.29 is 10.2 Å². The van der Waals surface area contributed by atoms with Crippen LogP contribution >= 0.6 is 0 Å². The minimum atomic E-state index is -1.32. The summed E-state index contributed by atoms with van der Waals surface area (Å²) >= 11 is 0. The molecule has 0 bridgehead atoms. The topological polar surface area (TPSA) is 45.4 Å². The molecule has 0 saturated carbocycles. The maximum atomic E-state index is 12.0. The van der Waals surface area contributed by atoms with E-state index in [1.54, 1.807) is 0 Å². The molecule has 0 saturated heterocycles. The van der Waals surface area contributed by atoms with E-state index < -0.39 is 5.60 Å². The van der Waals surface area contributed by atoms with Crippen molar-refractivity contribution in [3.63, 3.8) is 0 Å². The lowest BCUT2D eigenvalue weighted by atomic mass is 9.83. The number of hydrogen-bond acceptors (Lipinski definition) is 2. The standard InChI is InChI=1S/C24H21NO2/c26-18-19-10-7-8-15-22(19)25-17-9-16-23(25)24(27,20-11-3-1-4-12-20)21-13-5-2-6-14-21/h1-17,26-27H,18H2. The molecule has 0 amide bonds. The van der Waals surface area contributed by atoms with E-state index in [2.05, 4.69) is 0 Å². The second kappa shape index (κ2) is 7.23. The zero-order valence-electron chi connectivity index (χ0n) is 14.9. The molecular weight excluding hydrogens is 334 g/mol. The molecule has 3 nitrogen and oxygen atoms in total. The molecule has 2 N–H and O–H groups in total. The number of hydrogen-bond donors (Lipinski definition) is 2. The Hall–Kier alpha value is -3.14. The molecule has 0 aliphatic heterocycles. The molecule has 0 spiro atoms. The van der Waals surface area contributed by atoms with E-state index in [-0.39, 0.29) is 6.61 Å². The smallest absolute Gasteiger partial charge is 0.155 e. The predicted molar refractivity (Wildman–Crippen MR) is 107 cm³/mol. The van der Waals surface area contributed by atoms with Gasteiger partial charge in [0.25, 0.3) is 0 Å². The van der Waals surface area contributed by atoms with Crippen LogP contribution in [0.15, 0.2) is 103 Å². The monoisotopic (exact) mass is 355 g/mol. The number of aliphatic hydroxyl groups excluding tert-OH is 1. The zero-order chi connectivity index (χ0) is 18.7. The highest BCUT2D eigenvalue weighted by molar-refractivity contribution is 5.50.